The predicted molar refractivity (Wildman–Crippen MR) is 135 cm³/mol. The first-order chi connectivity index (χ1) is 16.8. The smallest absolute Gasteiger partial charge is 0.341 e. The van der Waals surface area contributed by atoms with Gasteiger partial charge in [-0.3, -0.25) is 4.79 Å². The summed E-state index contributed by atoms with van der Waals surface area (Å²) in [6.45, 7) is -0.419. The maximum atomic E-state index is 13.1. The Bertz CT molecular complexity index is 1470. The fourth-order valence-corrected chi connectivity index (χ4v) is 3.99. The highest BCUT2D eigenvalue weighted by molar-refractivity contribution is 6.31. The van der Waals surface area contributed by atoms with Crippen molar-refractivity contribution >= 4 is 40.1 Å². The van der Waals surface area contributed by atoms with E-state index in [0.717, 1.165) is 11.1 Å². The van der Waals surface area contributed by atoms with Gasteiger partial charge in [-0.05, 0) is 41.3 Å². The number of hydrogen-bond donors (Lipinski definition) is 3. The molecule has 1 aromatic heterocycles. The highest BCUT2D eigenvalue weighted by atomic mass is 35.5. The van der Waals surface area contributed by atoms with Crippen molar-refractivity contribution in [2.75, 3.05) is 11.9 Å². The molecular weight excluding hydrogens is 470 g/mol. The molecule has 0 fully saturated rings. The average molecular weight is 492 g/mol. The Hall–Kier alpha value is -4.30. The third-order valence-electron chi connectivity index (χ3n) is 5.41. The number of amides is 2. The number of carbonyl (C=O) groups is 2. The normalized spacial score (nSPS) is 10.7. The maximum Gasteiger partial charge on any atom is 0.341 e. The number of halogens is 1. The van der Waals surface area contributed by atoms with E-state index in [4.69, 9.17) is 21.4 Å². The van der Waals surface area contributed by atoms with Gasteiger partial charge in [-0.25, -0.2) is 9.59 Å². The molecule has 9 heteroatoms. The number of carboxylic acids is 1. The molecule has 0 bridgehead atoms. The van der Waals surface area contributed by atoms with Crippen molar-refractivity contribution in [2.24, 2.45) is 7.05 Å². The van der Waals surface area contributed by atoms with Crippen LogP contribution in [0.3, 0.4) is 0 Å². The summed E-state index contributed by atoms with van der Waals surface area (Å²) in [5.41, 5.74) is 2.53. The van der Waals surface area contributed by atoms with Crippen molar-refractivity contribution in [3.63, 3.8) is 0 Å². The topological polar surface area (TPSA) is 110 Å². The van der Waals surface area contributed by atoms with Gasteiger partial charge in [-0.15, -0.1) is 0 Å². The third kappa shape index (κ3) is 5.44. The van der Waals surface area contributed by atoms with Crippen LogP contribution in [0.25, 0.3) is 21.9 Å². The quantitative estimate of drug-likeness (QED) is 0.349. The van der Waals surface area contributed by atoms with Crippen LogP contribution in [0.4, 0.5) is 10.5 Å². The summed E-state index contributed by atoms with van der Waals surface area (Å²) in [5.74, 6) is -0.789. The number of carboxylic acid groups (broad SMARTS) is 1. The number of ether oxygens (including phenoxy) is 1. The molecule has 8 nitrogen and oxygen atoms in total. The fraction of sp³-hybridized carbons (Fsp3) is 0.115. The van der Waals surface area contributed by atoms with Gasteiger partial charge in [0.25, 0.3) is 5.56 Å². The molecule has 3 N–H and O–H groups in total. The molecule has 0 unspecified atom stereocenters. The van der Waals surface area contributed by atoms with Gasteiger partial charge in [-0.1, -0.05) is 48.0 Å². The van der Waals surface area contributed by atoms with E-state index >= 15 is 0 Å². The van der Waals surface area contributed by atoms with Crippen LogP contribution in [0.2, 0.25) is 5.02 Å². The highest BCUT2D eigenvalue weighted by Crippen LogP contribution is 2.32. The second kappa shape index (κ2) is 10.3. The summed E-state index contributed by atoms with van der Waals surface area (Å²) in [6, 6.07) is 20.6. The summed E-state index contributed by atoms with van der Waals surface area (Å²) in [7, 11) is 1.67. The first-order valence-corrected chi connectivity index (χ1v) is 11.1. The molecule has 0 saturated heterocycles. The summed E-state index contributed by atoms with van der Waals surface area (Å²) in [6.07, 6.45) is 0. The van der Waals surface area contributed by atoms with Gasteiger partial charge < -0.3 is 25.0 Å². The van der Waals surface area contributed by atoms with Gasteiger partial charge in [0, 0.05) is 40.5 Å². The Morgan fingerprint density at radius 2 is 1.77 bits per heavy atom. The van der Waals surface area contributed by atoms with Crippen LogP contribution < -0.4 is 20.9 Å². The van der Waals surface area contributed by atoms with Crippen LogP contribution in [0, 0.1) is 0 Å². The highest BCUT2D eigenvalue weighted by Gasteiger charge is 2.17. The zero-order chi connectivity index (χ0) is 24.9. The molecule has 3 aromatic carbocycles. The van der Waals surface area contributed by atoms with Crippen molar-refractivity contribution in [3.05, 3.63) is 93.9 Å². The average Bonchev–Trinajstić information content (AvgIpc) is 2.84. The second-order valence-electron chi connectivity index (χ2n) is 7.76. The molecule has 0 aliphatic rings. The van der Waals surface area contributed by atoms with Crippen molar-refractivity contribution < 1.29 is 19.4 Å². The molecule has 1 heterocycles. The maximum absolute atomic E-state index is 13.1. The van der Waals surface area contributed by atoms with E-state index in [0.29, 0.717) is 32.9 Å². The Morgan fingerprint density at radius 3 is 2.51 bits per heavy atom. The fourth-order valence-electron chi connectivity index (χ4n) is 3.82. The van der Waals surface area contributed by atoms with E-state index < -0.39 is 18.6 Å². The number of anilines is 1. The molecule has 2 amide bonds. The standard InChI is InChI=1S/C26H22ClN3O5/c1-30-22(14-28-26(34)29-18-8-5-9-19(13-18)35-15-23(31)32)24(16-6-3-2-4-7-16)21-12-17(27)10-11-20(21)25(30)33/h2-13H,14-15H2,1H3,(H,31,32)(H2,28,29,34). The second-order valence-corrected chi connectivity index (χ2v) is 8.20. The molecule has 35 heavy (non-hydrogen) atoms. The number of nitrogens with zero attached hydrogens (tertiary/aromatic N) is 1. The number of aromatic nitrogens is 1. The molecule has 0 spiro atoms. The molecule has 0 atom stereocenters. The summed E-state index contributed by atoms with van der Waals surface area (Å²) in [5, 5.41) is 16.0. The van der Waals surface area contributed by atoms with Crippen LogP contribution in [0.5, 0.6) is 5.75 Å². The number of carbonyl (C=O) groups excluding carboxylic acids is 1. The Labute approximate surface area is 205 Å². The Morgan fingerprint density at radius 1 is 1.00 bits per heavy atom. The van der Waals surface area contributed by atoms with Crippen LogP contribution in [-0.4, -0.2) is 28.3 Å². The third-order valence-corrected chi connectivity index (χ3v) is 5.65. The van der Waals surface area contributed by atoms with E-state index in [1.165, 1.54) is 10.6 Å². The number of aliphatic carboxylic acids is 1. The zero-order valence-corrected chi connectivity index (χ0v) is 19.5. The number of fused-ring (bicyclic) bond motifs is 1. The van der Waals surface area contributed by atoms with Crippen LogP contribution in [0.1, 0.15) is 5.69 Å². The summed E-state index contributed by atoms with van der Waals surface area (Å²) >= 11 is 6.26. The van der Waals surface area contributed by atoms with Gasteiger partial charge in [0.15, 0.2) is 6.61 Å². The number of benzene rings is 3. The first kappa shape index (κ1) is 23.8. The number of rotatable bonds is 7. The summed E-state index contributed by atoms with van der Waals surface area (Å²) in [4.78, 5) is 36.4. The van der Waals surface area contributed by atoms with Crippen LogP contribution in [0.15, 0.2) is 77.6 Å². The predicted octanol–water partition coefficient (Wildman–Crippen LogP) is 4.64. The van der Waals surface area contributed by atoms with Crippen LogP contribution in [-0.2, 0) is 18.4 Å². The van der Waals surface area contributed by atoms with Gasteiger partial charge in [0.2, 0.25) is 0 Å². The zero-order valence-electron chi connectivity index (χ0n) is 18.7. The van der Waals surface area contributed by atoms with E-state index in [-0.39, 0.29) is 12.1 Å². The molecule has 0 radical (unpaired) electrons. The van der Waals surface area contributed by atoms with Gasteiger partial charge in [-0.2, -0.15) is 0 Å². The number of nitrogens with one attached hydrogen (secondary N) is 2. The lowest BCUT2D eigenvalue weighted by Crippen LogP contribution is -2.32. The van der Waals surface area contributed by atoms with E-state index in [1.807, 2.05) is 30.3 Å². The molecule has 0 saturated carbocycles. The minimum Gasteiger partial charge on any atom is -0.482 e. The number of pyridine rings is 1. The van der Waals surface area contributed by atoms with E-state index in [2.05, 4.69) is 10.6 Å². The Kier molecular flexibility index (Phi) is 7.03. The van der Waals surface area contributed by atoms with Crippen LogP contribution >= 0.6 is 11.6 Å². The largest absolute Gasteiger partial charge is 0.482 e. The number of hydrogen-bond acceptors (Lipinski definition) is 4. The Balaban J connectivity index is 1.63. The molecule has 4 rings (SSSR count). The van der Waals surface area contributed by atoms with E-state index in [9.17, 15) is 14.4 Å². The lowest BCUT2D eigenvalue weighted by Gasteiger charge is -2.18. The van der Waals surface area contributed by atoms with Crippen molar-refractivity contribution in [2.45, 2.75) is 6.54 Å². The monoisotopic (exact) mass is 491 g/mol. The molecule has 178 valence electrons. The minimum absolute atomic E-state index is 0.0689. The molecular formula is C26H22ClN3O5. The lowest BCUT2D eigenvalue weighted by molar-refractivity contribution is -0.139. The van der Waals surface area contributed by atoms with Crippen molar-refractivity contribution in [1.29, 1.82) is 0 Å². The lowest BCUT2D eigenvalue weighted by atomic mass is 9.96. The van der Waals surface area contributed by atoms with E-state index in [1.54, 1.807) is 43.4 Å². The molecule has 0 aliphatic heterocycles. The van der Waals surface area contributed by atoms with Crippen molar-refractivity contribution in [1.82, 2.24) is 9.88 Å². The van der Waals surface area contributed by atoms with Gasteiger partial charge >= 0.3 is 12.0 Å². The van der Waals surface area contributed by atoms with Gasteiger partial charge in [0.1, 0.15) is 5.75 Å². The number of urea groups is 1. The van der Waals surface area contributed by atoms with Crippen molar-refractivity contribution in [3.8, 4) is 16.9 Å². The molecule has 4 aromatic rings. The van der Waals surface area contributed by atoms with Gasteiger partial charge in [0.05, 0.1) is 6.54 Å². The summed E-state index contributed by atoms with van der Waals surface area (Å²) < 4.78 is 6.67. The molecule has 0 aliphatic carbocycles. The SMILES string of the molecule is Cn1c(CNC(=O)Nc2cccc(OCC(=O)O)c2)c(-c2ccccc2)c2cc(Cl)ccc2c1=O. The minimum atomic E-state index is -1.10. The first-order valence-electron chi connectivity index (χ1n) is 10.7.